The SMILES string of the molecule is O=C(c1cc2c(s1)-c1ccccc1OC2)N1CCN(Cc2cc(=O)n3ccsc3n2)CC1. The largest absolute Gasteiger partial charge is 0.488 e. The second-order valence-electron chi connectivity index (χ2n) is 7.96. The van der Waals surface area contributed by atoms with Crippen molar-refractivity contribution in [1.29, 1.82) is 0 Å². The Labute approximate surface area is 192 Å². The Hall–Kier alpha value is -3.01. The predicted octanol–water partition coefficient (Wildman–Crippen LogP) is 3.33. The van der Waals surface area contributed by atoms with Crippen LogP contribution in [0.15, 0.2) is 52.8 Å². The Kier molecular flexibility index (Phi) is 4.82. The molecule has 2 aliphatic rings. The van der Waals surface area contributed by atoms with Crippen LogP contribution in [0.5, 0.6) is 5.75 Å². The number of hydrogen-bond acceptors (Lipinski definition) is 7. The topological polar surface area (TPSA) is 67.2 Å². The van der Waals surface area contributed by atoms with Crippen LogP contribution in [0.4, 0.5) is 0 Å². The van der Waals surface area contributed by atoms with Gasteiger partial charge in [0, 0.05) is 66.4 Å². The van der Waals surface area contributed by atoms with Crippen LogP contribution < -0.4 is 10.3 Å². The normalized spacial score (nSPS) is 15.9. The summed E-state index contributed by atoms with van der Waals surface area (Å²) in [4.78, 5) is 36.8. The Morgan fingerprint density at radius 1 is 1.12 bits per heavy atom. The highest BCUT2D eigenvalue weighted by Gasteiger charge is 2.27. The molecule has 1 aromatic carbocycles. The molecule has 5 heterocycles. The number of ether oxygens (including phenoxy) is 1. The minimum atomic E-state index is -0.0488. The number of fused-ring (bicyclic) bond motifs is 4. The maximum atomic E-state index is 13.2. The first-order chi connectivity index (χ1) is 15.7. The molecule has 1 saturated heterocycles. The van der Waals surface area contributed by atoms with Gasteiger partial charge in [-0.25, -0.2) is 4.98 Å². The van der Waals surface area contributed by atoms with Gasteiger partial charge in [-0.1, -0.05) is 12.1 Å². The number of aromatic nitrogens is 2. The summed E-state index contributed by atoms with van der Waals surface area (Å²) in [7, 11) is 0. The average Bonchev–Trinajstić information content (AvgIpc) is 3.47. The molecule has 0 spiro atoms. The molecule has 0 aliphatic carbocycles. The van der Waals surface area contributed by atoms with Gasteiger partial charge in [-0.2, -0.15) is 0 Å². The lowest BCUT2D eigenvalue weighted by Crippen LogP contribution is -2.48. The molecule has 7 nitrogen and oxygen atoms in total. The second kappa shape index (κ2) is 7.84. The van der Waals surface area contributed by atoms with Gasteiger partial charge < -0.3 is 9.64 Å². The number of rotatable bonds is 3. The summed E-state index contributed by atoms with van der Waals surface area (Å²) in [5.41, 5.74) is 2.87. The number of benzene rings is 1. The molecule has 9 heteroatoms. The highest BCUT2D eigenvalue weighted by Crippen LogP contribution is 2.42. The Morgan fingerprint density at radius 2 is 1.97 bits per heavy atom. The van der Waals surface area contributed by atoms with E-state index in [1.165, 1.54) is 11.3 Å². The average molecular weight is 465 g/mol. The Bertz CT molecular complexity index is 1380. The molecule has 0 bridgehead atoms. The quantitative estimate of drug-likeness (QED) is 0.465. The van der Waals surface area contributed by atoms with Crippen molar-refractivity contribution >= 4 is 33.5 Å². The van der Waals surface area contributed by atoms with Gasteiger partial charge in [0.2, 0.25) is 0 Å². The summed E-state index contributed by atoms with van der Waals surface area (Å²) in [6.07, 6.45) is 1.75. The van der Waals surface area contributed by atoms with Crippen LogP contribution in [0.3, 0.4) is 0 Å². The third-order valence-electron chi connectivity index (χ3n) is 5.94. The van der Waals surface area contributed by atoms with E-state index in [0.29, 0.717) is 31.2 Å². The summed E-state index contributed by atoms with van der Waals surface area (Å²) >= 11 is 3.02. The van der Waals surface area contributed by atoms with Gasteiger partial charge >= 0.3 is 0 Å². The smallest absolute Gasteiger partial charge is 0.264 e. The fraction of sp³-hybridized carbons (Fsp3) is 0.261. The van der Waals surface area contributed by atoms with Crippen molar-refractivity contribution in [3.05, 3.63) is 74.5 Å². The van der Waals surface area contributed by atoms with Crippen LogP contribution in [0.25, 0.3) is 15.4 Å². The molecular formula is C23H20N4O3S2. The molecular weight excluding hydrogens is 444 g/mol. The van der Waals surface area contributed by atoms with Crippen molar-refractivity contribution in [2.45, 2.75) is 13.2 Å². The highest BCUT2D eigenvalue weighted by atomic mass is 32.1. The first-order valence-electron chi connectivity index (χ1n) is 10.5. The monoisotopic (exact) mass is 464 g/mol. The molecule has 32 heavy (non-hydrogen) atoms. The molecule has 1 amide bonds. The number of piperazine rings is 1. The van der Waals surface area contributed by atoms with Gasteiger partial charge in [0.25, 0.3) is 11.5 Å². The van der Waals surface area contributed by atoms with Crippen LogP contribution in [0, 0.1) is 0 Å². The van der Waals surface area contributed by atoms with Crippen molar-refractivity contribution in [2.24, 2.45) is 0 Å². The molecule has 0 atom stereocenters. The Balaban J connectivity index is 1.13. The van der Waals surface area contributed by atoms with Crippen LogP contribution in [0.1, 0.15) is 20.9 Å². The highest BCUT2D eigenvalue weighted by molar-refractivity contribution is 7.17. The van der Waals surface area contributed by atoms with E-state index in [-0.39, 0.29) is 11.5 Å². The molecule has 3 aromatic heterocycles. The lowest BCUT2D eigenvalue weighted by atomic mass is 10.1. The molecule has 6 rings (SSSR count). The van der Waals surface area contributed by atoms with E-state index in [0.717, 1.165) is 45.4 Å². The Morgan fingerprint density at radius 3 is 2.84 bits per heavy atom. The lowest BCUT2D eigenvalue weighted by molar-refractivity contribution is 0.0631. The van der Waals surface area contributed by atoms with Gasteiger partial charge in [0.1, 0.15) is 12.4 Å². The van der Waals surface area contributed by atoms with Gasteiger partial charge in [-0.15, -0.1) is 22.7 Å². The lowest BCUT2D eigenvalue weighted by Gasteiger charge is -2.34. The molecule has 2 aliphatic heterocycles. The molecule has 0 N–H and O–H groups in total. The standard InChI is InChI=1S/C23H20N4O3S2/c28-20-12-16(24-23-27(20)9-10-31-23)13-25-5-7-26(8-6-25)22(29)19-11-15-14-30-18-4-2-1-3-17(18)21(15)32-19/h1-4,9-12H,5-8,13-14H2. The molecule has 0 saturated carbocycles. The van der Waals surface area contributed by atoms with E-state index in [1.54, 1.807) is 28.0 Å². The minimum Gasteiger partial charge on any atom is -0.488 e. The van der Waals surface area contributed by atoms with Crippen LogP contribution in [0.2, 0.25) is 0 Å². The minimum absolute atomic E-state index is 0.0488. The van der Waals surface area contributed by atoms with Crippen molar-refractivity contribution < 1.29 is 9.53 Å². The van der Waals surface area contributed by atoms with Crippen LogP contribution >= 0.6 is 22.7 Å². The van der Waals surface area contributed by atoms with Crippen molar-refractivity contribution in [3.63, 3.8) is 0 Å². The van der Waals surface area contributed by atoms with Crippen molar-refractivity contribution in [1.82, 2.24) is 19.2 Å². The number of thiophene rings is 1. The van der Waals surface area contributed by atoms with Crippen LogP contribution in [-0.4, -0.2) is 51.3 Å². The zero-order valence-electron chi connectivity index (χ0n) is 17.2. The zero-order valence-corrected chi connectivity index (χ0v) is 18.8. The summed E-state index contributed by atoms with van der Waals surface area (Å²) in [6, 6.07) is 11.6. The third kappa shape index (κ3) is 3.42. The molecule has 4 aromatic rings. The van der Waals surface area contributed by atoms with Gasteiger partial charge in [0.15, 0.2) is 4.96 Å². The predicted molar refractivity (Wildman–Crippen MR) is 125 cm³/mol. The van der Waals surface area contributed by atoms with Crippen molar-refractivity contribution in [2.75, 3.05) is 26.2 Å². The second-order valence-corrected chi connectivity index (χ2v) is 9.88. The summed E-state index contributed by atoms with van der Waals surface area (Å²) in [5, 5.41) is 1.87. The summed E-state index contributed by atoms with van der Waals surface area (Å²) in [6.45, 7) is 3.96. The summed E-state index contributed by atoms with van der Waals surface area (Å²) < 4.78 is 7.40. The molecule has 0 unspecified atom stereocenters. The zero-order chi connectivity index (χ0) is 21.7. The maximum Gasteiger partial charge on any atom is 0.264 e. The first-order valence-corrected chi connectivity index (χ1v) is 12.2. The van der Waals surface area contributed by atoms with Crippen LogP contribution in [-0.2, 0) is 13.2 Å². The fourth-order valence-electron chi connectivity index (χ4n) is 4.27. The molecule has 162 valence electrons. The number of carbonyl (C=O) groups is 1. The van der Waals surface area contributed by atoms with E-state index in [4.69, 9.17) is 4.74 Å². The van der Waals surface area contributed by atoms with Gasteiger partial charge in [-0.3, -0.25) is 18.9 Å². The van der Waals surface area contributed by atoms with E-state index >= 15 is 0 Å². The van der Waals surface area contributed by atoms with E-state index in [1.807, 2.05) is 40.6 Å². The van der Waals surface area contributed by atoms with Gasteiger partial charge in [-0.05, 0) is 18.2 Å². The first kappa shape index (κ1) is 19.7. The van der Waals surface area contributed by atoms with E-state index < -0.39 is 0 Å². The molecule has 0 radical (unpaired) electrons. The van der Waals surface area contributed by atoms with Crippen molar-refractivity contribution in [3.8, 4) is 16.2 Å². The van der Waals surface area contributed by atoms with E-state index in [9.17, 15) is 9.59 Å². The number of para-hydroxylation sites is 1. The number of thiazole rings is 1. The number of hydrogen-bond donors (Lipinski definition) is 0. The van der Waals surface area contributed by atoms with Gasteiger partial charge in [0.05, 0.1) is 10.6 Å². The number of carbonyl (C=O) groups excluding carboxylic acids is 1. The number of nitrogens with zero attached hydrogens (tertiary/aromatic N) is 4. The maximum absolute atomic E-state index is 13.2. The fourth-order valence-corrected chi connectivity index (χ4v) is 6.17. The third-order valence-corrected chi connectivity index (χ3v) is 7.89. The van der Waals surface area contributed by atoms with E-state index in [2.05, 4.69) is 9.88 Å². The summed E-state index contributed by atoms with van der Waals surface area (Å²) in [5.74, 6) is 0.960. The molecule has 1 fully saturated rings. The number of amides is 1.